The predicted octanol–water partition coefficient (Wildman–Crippen LogP) is 5.42. The van der Waals surface area contributed by atoms with E-state index >= 15 is 0 Å². The number of carbonyl (C=O) groups excluding carboxylic acids is 2. The minimum Gasteiger partial charge on any atom is -0.455 e. The number of hydrogen-bond donors (Lipinski definition) is 1. The molecule has 0 saturated carbocycles. The lowest BCUT2D eigenvalue weighted by atomic mass is 10.1. The first kappa shape index (κ1) is 18.9. The molecule has 2 heterocycles. The SMILES string of the molecule is CC(=O)c1cccc(-c2ccc(/C=N/NC(=O)c3cc4cc(Br)ccc4o3)o2)c1. The number of rotatable bonds is 5. The van der Waals surface area contributed by atoms with Crippen molar-refractivity contribution in [2.24, 2.45) is 5.10 Å². The molecule has 0 aliphatic rings. The molecule has 4 rings (SSSR count). The highest BCUT2D eigenvalue weighted by molar-refractivity contribution is 9.10. The third kappa shape index (κ3) is 4.20. The summed E-state index contributed by atoms with van der Waals surface area (Å²) < 4.78 is 12.1. The summed E-state index contributed by atoms with van der Waals surface area (Å²) >= 11 is 3.38. The van der Waals surface area contributed by atoms with Gasteiger partial charge in [-0.15, -0.1) is 0 Å². The molecule has 0 radical (unpaired) electrons. The second-order valence-electron chi connectivity index (χ2n) is 6.33. The van der Waals surface area contributed by atoms with E-state index < -0.39 is 5.91 Å². The van der Waals surface area contributed by atoms with Gasteiger partial charge in [0.25, 0.3) is 0 Å². The summed E-state index contributed by atoms with van der Waals surface area (Å²) in [7, 11) is 0. The van der Waals surface area contributed by atoms with Gasteiger partial charge in [0.2, 0.25) is 0 Å². The van der Waals surface area contributed by atoms with Crippen molar-refractivity contribution in [1.29, 1.82) is 0 Å². The van der Waals surface area contributed by atoms with E-state index in [1.807, 2.05) is 18.2 Å². The molecule has 2 aromatic carbocycles. The molecule has 7 heteroatoms. The highest BCUT2D eigenvalue weighted by atomic mass is 79.9. The van der Waals surface area contributed by atoms with Crippen molar-refractivity contribution in [3.05, 3.63) is 82.2 Å². The highest BCUT2D eigenvalue weighted by Gasteiger charge is 2.12. The fourth-order valence-electron chi connectivity index (χ4n) is 2.80. The zero-order valence-electron chi connectivity index (χ0n) is 15.3. The lowest BCUT2D eigenvalue weighted by molar-refractivity contribution is 0.0929. The number of benzene rings is 2. The largest absolute Gasteiger partial charge is 0.455 e. The first-order valence-electron chi connectivity index (χ1n) is 8.73. The van der Waals surface area contributed by atoms with Gasteiger partial charge in [0.05, 0.1) is 6.21 Å². The zero-order chi connectivity index (χ0) is 20.4. The Morgan fingerprint density at radius 2 is 1.90 bits per heavy atom. The number of amides is 1. The Kier molecular flexibility index (Phi) is 5.14. The van der Waals surface area contributed by atoms with Crippen LogP contribution in [-0.2, 0) is 0 Å². The Hall–Kier alpha value is -3.45. The van der Waals surface area contributed by atoms with Crippen molar-refractivity contribution >= 4 is 44.8 Å². The molecule has 0 fully saturated rings. The van der Waals surface area contributed by atoms with Crippen LogP contribution < -0.4 is 5.43 Å². The molecule has 0 aliphatic heterocycles. The average Bonchev–Trinajstić information content (AvgIpc) is 3.34. The molecule has 1 amide bonds. The van der Waals surface area contributed by atoms with Gasteiger partial charge in [-0.3, -0.25) is 9.59 Å². The maximum atomic E-state index is 12.2. The molecule has 144 valence electrons. The van der Waals surface area contributed by atoms with Crippen LogP contribution in [0.15, 0.2) is 79.1 Å². The van der Waals surface area contributed by atoms with E-state index in [4.69, 9.17) is 8.83 Å². The quantitative estimate of drug-likeness (QED) is 0.249. The summed E-state index contributed by atoms with van der Waals surface area (Å²) in [5.41, 5.74) is 4.43. The van der Waals surface area contributed by atoms with Gasteiger partial charge in [-0.25, -0.2) is 5.43 Å². The second kappa shape index (κ2) is 7.89. The van der Waals surface area contributed by atoms with E-state index in [0.29, 0.717) is 22.7 Å². The molecular weight excluding hydrogens is 436 g/mol. The van der Waals surface area contributed by atoms with Gasteiger partial charge in [0.15, 0.2) is 11.5 Å². The summed E-state index contributed by atoms with van der Waals surface area (Å²) in [6, 6.07) is 17.8. The number of hydrazone groups is 1. The number of Topliss-reactive ketones (excluding diaryl/α,β-unsaturated/α-hetero) is 1. The van der Waals surface area contributed by atoms with Crippen LogP contribution in [0.25, 0.3) is 22.3 Å². The lowest BCUT2D eigenvalue weighted by Crippen LogP contribution is -2.16. The molecular formula is C22H15BrN2O4. The average molecular weight is 451 g/mol. The summed E-state index contributed by atoms with van der Waals surface area (Å²) in [6.07, 6.45) is 1.40. The van der Waals surface area contributed by atoms with Crippen LogP contribution in [0.3, 0.4) is 0 Å². The zero-order valence-corrected chi connectivity index (χ0v) is 16.9. The first-order chi connectivity index (χ1) is 14.0. The summed E-state index contributed by atoms with van der Waals surface area (Å²) in [5.74, 6) is 0.748. The number of furan rings is 2. The molecule has 4 aromatic rings. The number of halogens is 1. The number of nitrogens with zero attached hydrogens (tertiary/aromatic N) is 1. The van der Waals surface area contributed by atoms with Crippen LogP contribution in [-0.4, -0.2) is 17.9 Å². The van der Waals surface area contributed by atoms with Gasteiger partial charge < -0.3 is 8.83 Å². The number of fused-ring (bicyclic) bond motifs is 1. The van der Waals surface area contributed by atoms with E-state index in [1.54, 1.807) is 42.5 Å². The Morgan fingerprint density at radius 1 is 1.03 bits per heavy atom. The van der Waals surface area contributed by atoms with Crippen LogP contribution in [0.4, 0.5) is 0 Å². The van der Waals surface area contributed by atoms with Crippen LogP contribution >= 0.6 is 15.9 Å². The van der Waals surface area contributed by atoms with E-state index in [2.05, 4.69) is 26.5 Å². The Bertz CT molecular complexity index is 1250. The van der Waals surface area contributed by atoms with Gasteiger partial charge in [-0.1, -0.05) is 34.1 Å². The number of hydrogen-bond acceptors (Lipinski definition) is 5. The van der Waals surface area contributed by atoms with Gasteiger partial charge >= 0.3 is 5.91 Å². The summed E-state index contributed by atoms with van der Waals surface area (Å²) in [6.45, 7) is 1.52. The maximum absolute atomic E-state index is 12.2. The standard InChI is InChI=1S/C22H15BrN2O4/c1-13(26)14-3-2-4-15(9-14)19-8-6-18(28-19)12-24-25-22(27)21-11-16-10-17(23)5-7-20(16)29-21/h2-12H,1H3,(H,25,27)/b24-12+. The topological polar surface area (TPSA) is 84.8 Å². The third-order valence-corrected chi connectivity index (χ3v) is 4.73. The third-order valence-electron chi connectivity index (χ3n) is 4.24. The molecule has 0 aliphatic carbocycles. The van der Waals surface area contributed by atoms with Crippen LogP contribution in [0.1, 0.15) is 33.6 Å². The van der Waals surface area contributed by atoms with E-state index in [9.17, 15) is 9.59 Å². The Balaban J connectivity index is 1.45. The molecule has 29 heavy (non-hydrogen) atoms. The fraction of sp³-hybridized carbons (Fsp3) is 0.0455. The monoisotopic (exact) mass is 450 g/mol. The van der Waals surface area contributed by atoms with E-state index in [1.165, 1.54) is 13.1 Å². The van der Waals surface area contributed by atoms with Gasteiger partial charge in [0.1, 0.15) is 17.1 Å². The van der Waals surface area contributed by atoms with Crippen molar-refractivity contribution in [2.75, 3.05) is 0 Å². The molecule has 0 unspecified atom stereocenters. The van der Waals surface area contributed by atoms with Crippen LogP contribution in [0.5, 0.6) is 0 Å². The minimum absolute atomic E-state index is 0.0131. The predicted molar refractivity (Wildman–Crippen MR) is 113 cm³/mol. The van der Waals surface area contributed by atoms with E-state index in [0.717, 1.165) is 15.4 Å². The lowest BCUT2D eigenvalue weighted by Gasteiger charge is -1.99. The van der Waals surface area contributed by atoms with Gasteiger partial charge in [0, 0.05) is 21.0 Å². The minimum atomic E-state index is -0.463. The molecule has 1 N–H and O–H groups in total. The van der Waals surface area contributed by atoms with Crippen LogP contribution in [0, 0.1) is 0 Å². The Labute approximate surface area is 174 Å². The van der Waals surface area contributed by atoms with Crippen molar-refractivity contribution in [1.82, 2.24) is 5.43 Å². The Morgan fingerprint density at radius 3 is 2.72 bits per heavy atom. The van der Waals surface area contributed by atoms with Crippen molar-refractivity contribution in [3.8, 4) is 11.3 Å². The fourth-order valence-corrected chi connectivity index (χ4v) is 3.18. The molecule has 2 aromatic heterocycles. The smallest absolute Gasteiger partial charge is 0.307 e. The summed E-state index contributed by atoms with van der Waals surface area (Å²) in [4.78, 5) is 23.8. The van der Waals surface area contributed by atoms with Crippen molar-refractivity contribution < 1.29 is 18.4 Å². The summed E-state index contributed by atoms with van der Waals surface area (Å²) in [5, 5.41) is 4.73. The number of nitrogens with one attached hydrogen (secondary N) is 1. The maximum Gasteiger partial charge on any atom is 0.307 e. The highest BCUT2D eigenvalue weighted by Crippen LogP contribution is 2.24. The number of carbonyl (C=O) groups is 2. The van der Waals surface area contributed by atoms with E-state index in [-0.39, 0.29) is 11.5 Å². The van der Waals surface area contributed by atoms with Crippen molar-refractivity contribution in [3.63, 3.8) is 0 Å². The molecule has 0 atom stereocenters. The van der Waals surface area contributed by atoms with Gasteiger partial charge in [-0.05, 0) is 49.4 Å². The number of ketones is 1. The molecule has 6 nitrogen and oxygen atoms in total. The normalized spacial score (nSPS) is 11.2. The van der Waals surface area contributed by atoms with Crippen molar-refractivity contribution in [2.45, 2.75) is 6.92 Å². The van der Waals surface area contributed by atoms with Gasteiger partial charge in [-0.2, -0.15) is 5.10 Å². The molecule has 0 spiro atoms. The molecule has 0 bridgehead atoms. The second-order valence-corrected chi connectivity index (χ2v) is 7.25. The molecule has 0 saturated heterocycles. The first-order valence-corrected chi connectivity index (χ1v) is 9.52. The van der Waals surface area contributed by atoms with Crippen LogP contribution in [0.2, 0.25) is 0 Å².